The molecule has 2 fully saturated rings. The summed E-state index contributed by atoms with van der Waals surface area (Å²) in [7, 11) is 0. The first-order valence-corrected chi connectivity index (χ1v) is 12.0. The van der Waals surface area contributed by atoms with Gasteiger partial charge >= 0.3 is 0 Å². The molecule has 0 spiro atoms. The standard InChI is InChI=1S/C27H34F2O3/c1-3-5-22-12-10-20(16-31-22)21-11-14-24(32-17-21)19-8-6-18(7-9-19)23-13-15-25(30-4-2)27(29)26(23)28/h6-9,13,15,20-22,24H,3-5,10-12,14,16-17H2,1-2H3. The third-order valence-electron chi connectivity index (χ3n) is 6.93. The summed E-state index contributed by atoms with van der Waals surface area (Å²) in [6.45, 7) is 5.87. The Kier molecular flexibility index (Phi) is 7.80. The third kappa shape index (κ3) is 5.15. The summed E-state index contributed by atoms with van der Waals surface area (Å²) in [5.41, 5.74) is 1.96. The van der Waals surface area contributed by atoms with Crippen molar-refractivity contribution in [3.63, 3.8) is 0 Å². The number of benzene rings is 2. The highest BCUT2D eigenvalue weighted by Crippen LogP contribution is 2.38. The van der Waals surface area contributed by atoms with E-state index >= 15 is 0 Å². The molecule has 3 nitrogen and oxygen atoms in total. The van der Waals surface area contributed by atoms with Gasteiger partial charge in [-0.15, -0.1) is 0 Å². The third-order valence-corrected chi connectivity index (χ3v) is 6.93. The maximum absolute atomic E-state index is 14.5. The first-order valence-electron chi connectivity index (χ1n) is 12.0. The van der Waals surface area contributed by atoms with Crippen LogP contribution in [0.25, 0.3) is 11.1 Å². The van der Waals surface area contributed by atoms with Crippen LogP contribution in [-0.4, -0.2) is 25.9 Å². The Morgan fingerprint density at radius 3 is 2.16 bits per heavy atom. The predicted molar refractivity (Wildman–Crippen MR) is 122 cm³/mol. The summed E-state index contributed by atoms with van der Waals surface area (Å²) in [4.78, 5) is 0. The topological polar surface area (TPSA) is 27.7 Å². The van der Waals surface area contributed by atoms with E-state index < -0.39 is 11.6 Å². The fourth-order valence-corrected chi connectivity index (χ4v) is 5.05. The maximum Gasteiger partial charge on any atom is 0.201 e. The number of rotatable bonds is 7. The van der Waals surface area contributed by atoms with Gasteiger partial charge in [0.2, 0.25) is 5.82 Å². The number of hydrogen-bond donors (Lipinski definition) is 0. The van der Waals surface area contributed by atoms with E-state index in [-0.39, 0.29) is 17.4 Å². The number of halogens is 2. The lowest BCUT2D eigenvalue weighted by atomic mass is 9.81. The summed E-state index contributed by atoms with van der Waals surface area (Å²) >= 11 is 0. The Morgan fingerprint density at radius 1 is 0.844 bits per heavy atom. The highest BCUT2D eigenvalue weighted by Gasteiger charge is 2.32. The van der Waals surface area contributed by atoms with Crippen molar-refractivity contribution in [2.75, 3.05) is 19.8 Å². The van der Waals surface area contributed by atoms with Crippen molar-refractivity contribution in [3.05, 3.63) is 53.6 Å². The van der Waals surface area contributed by atoms with Crippen LogP contribution < -0.4 is 4.74 Å². The van der Waals surface area contributed by atoms with Crippen molar-refractivity contribution in [3.8, 4) is 16.9 Å². The van der Waals surface area contributed by atoms with Crippen molar-refractivity contribution < 1.29 is 23.0 Å². The number of ether oxygens (including phenoxy) is 3. The quantitative estimate of drug-likeness (QED) is 0.456. The van der Waals surface area contributed by atoms with Crippen LogP contribution in [0.15, 0.2) is 36.4 Å². The minimum absolute atomic E-state index is 0.0552. The fraction of sp³-hybridized carbons (Fsp3) is 0.556. The molecule has 0 saturated carbocycles. The summed E-state index contributed by atoms with van der Waals surface area (Å²) in [5, 5.41) is 0. The molecule has 0 aromatic heterocycles. The normalized spacial score (nSPS) is 26.1. The van der Waals surface area contributed by atoms with Crippen LogP contribution in [0.5, 0.6) is 5.75 Å². The Morgan fingerprint density at radius 2 is 1.56 bits per heavy atom. The molecule has 0 aliphatic carbocycles. The van der Waals surface area contributed by atoms with Crippen LogP contribution >= 0.6 is 0 Å². The van der Waals surface area contributed by atoms with Gasteiger partial charge < -0.3 is 14.2 Å². The lowest BCUT2D eigenvalue weighted by molar-refractivity contribution is -0.0818. The van der Waals surface area contributed by atoms with Crippen molar-refractivity contribution in [2.45, 2.75) is 64.6 Å². The second kappa shape index (κ2) is 10.8. The molecular formula is C27H34F2O3. The van der Waals surface area contributed by atoms with E-state index in [4.69, 9.17) is 14.2 Å². The van der Waals surface area contributed by atoms with E-state index in [9.17, 15) is 8.78 Å². The van der Waals surface area contributed by atoms with Crippen LogP contribution in [0.3, 0.4) is 0 Å². The van der Waals surface area contributed by atoms with Gasteiger partial charge in [-0.1, -0.05) is 37.6 Å². The van der Waals surface area contributed by atoms with Gasteiger partial charge in [0.05, 0.1) is 32.0 Å². The van der Waals surface area contributed by atoms with E-state index in [2.05, 4.69) is 6.92 Å². The first kappa shape index (κ1) is 23.2. The molecule has 4 atom stereocenters. The maximum atomic E-state index is 14.5. The van der Waals surface area contributed by atoms with E-state index in [1.54, 1.807) is 13.0 Å². The van der Waals surface area contributed by atoms with Crippen LogP contribution in [0, 0.1) is 23.5 Å². The highest BCUT2D eigenvalue weighted by molar-refractivity contribution is 5.65. The largest absolute Gasteiger partial charge is 0.491 e. The summed E-state index contributed by atoms with van der Waals surface area (Å²) < 4.78 is 46.2. The van der Waals surface area contributed by atoms with Gasteiger partial charge in [-0.05, 0) is 74.1 Å². The average molecular weight is 445 g/mol. The minimum Gasteiger partial charge on any atom is -0.491 e. The predicted octanol–water partition coefficient (Wildman–Crippen LogP) is 7.09. The van der Waals surface area contributed by atoms with Gasteiger partial charge in [0.25, 0.3) is 0 Å². The van der Waals surface area contributed by atoms with E-state index in [1.165, 1.54) is 31.7 Å². The van der Waals surface area contributed by atoms with Crippen LogP contribution in [-0.2, 0) is 9.47 Å². The van der Waals surface area contributed by atoms with Gasteiger partial charge in [-0.3, -0.25) is 0 Å². The van der Waals surface area contributed by atoms with Gasteiger partial charge in [-0.2, -0.15) is 4.39 Å². The van der Waals surface area contributed by atoms with Crippen LogP contribution in [0.2, 0.25) is 0 Å². The van der Waals surface area contributed by atoms with Gasteiger partial charge in [0, 0.05) is 5.56 Å². The molecule has 2 aromatic carbocycles. The molecule has 4 rings (SSSR count). The number of hydrogen-bond acceptors (Lipinski definition) is 3. The molecule has 2 aliphatic rings. The zero-order chi connectivity index (χ0) is 22.5. The zero-order valence-corrected chi connectivity index (χ0v) is 19.1. The molecule has 0 bridgehead atoms. The van der Waals surface area contributed by atoms with Crippen molar-refractivity contribution >= 4 is 0 Å². The van der Waals surface area contributed by atoms with Crippen molar-refractivity contribution in [1.29, 1.82) is 0 Å². The smallest absolute Gasteiger partial charge is 0.201 e. The lowest BCUT2D eigenvalue weighted by Crippen LogP contribution is -2.34. The Balaban J connectivity index is 1.34. The molecule has 4 unspecified atom stereocenters. The molecule has 2 saturated heterocycles. The first-order chi connectivity index (χ1) is 15.6. The monoisotopic (exact) mass is 444 g/mol. The average Bonchev–Trinajstić information content (AvgIpc) is 2.83. The van der Waals surface area contributed by atoms with Crippen molar-refractivity contribution in [2.24, 2.45) is 11.8 Å². The SMILES string of the molecule is CCCC1CCC(C2CCC(c3ccc(-c4ccc(OCC)c(F)c4F)cc3)OC2)CO1. The fourth-order valence-electron chi connectivity index (χ4n) is 5.05. The van der Waals surface area contributed by atoms with Gasteiger partial charge in [-0.25, -0.2) is 4.39 Å². The molecule has 174 valence electrons. The van der Waals surface area contributed by atoms with E-state index in [0.29, 0.717) is 30.1 Å². The summed E-state index contributed by atoms with van der Waals surface area (Å²) in [5.74, 6) is -0.711. The minimum atomic E-state index is -0.942. The molecule has 32 heavy (non-hydrogen) atoms. The van der Waals surface area contributed by atoms with Gasteiger partial charge in [0.1, 0.15) is 0 Å². The molecule has 0 radical (unpaired) electrons. The van der Waals surface area contributed by atoms with Crippen molar-refractivity contribution in [1.82, 2.24) is 0 Å². The summed E-state index contributed by atoms with van der Waals surface area (Å²) in [6, 6.07) is 10.7. The second-order valence-corrected chi connectivity index (χ2v) is 9.04. The highest BCUT2D eigenvalue weighted by atomic mass is 19.2. The van der Waals surface area contributed by atoms with E-state index in [1.807, 2.05) is 24.3 Å². The van der Waals surface area contributed by atoms with Gasteiger partial charge in [0.15, 0.2) is 11.6 Å². The molecule has 0 N–H and O–H groups in total. The molecule has 2 aromatic rings. The molecule has 2 aliphatic heterocycles. The molecular weight excluding hydrogens is 410 g/mol. The summed E-state index contributed by atoms with van der Waals surface area (Å²) in [6.07, 6.45) is 7.37. The zero-order valence-electron chi connectivity index (χ0n) is 19.1. The lowest BCUT2D eigenvalue weighted by Gasteiger charge is -2.38. The second-order valence-electron chi connectivity index (χ2n) is 9.04. The molecule has 0 amide bonds. The van der Waals surface area contributed by atoms with Crippen LogP contribution in [0.1, 0.15) is 64.0 Å². The molecule has 5 heteroatoms. The Hall–Kier alpha value is -1.98. The van der Waals surface area contributed by atoms with Crippen LogP contribution in [0.4, 0.5) is 8.78 Å². The Bertz CT molecular complexity index is 867. The molecule has 2 heterocycles. The Labute approximate surface area is 190 Å². The van der Waals surface area contributed by atoms with E-state index in [0.717, 1.165) is 31.6 Å².